The zero-order chi connectivity index (χ0) is 18.3. The number of ether oxygens (including phenoxy) is 2. The van der Waals surface area contributed by atoms with Gasteiger partial charge in [0.05, 0.1) is 20.3 Å². The van der Waals surface area contributed by atoms with Crippen LogP contribution in [0.5, 0.6) is 11.5 Å². The number of hydrogen-bond donors (Lipinski definition) is 3. The fourth-order valence-corrected chi connectivity index (χ4v) is 2.36. The number of aliphatic imine (C=N–C) groups is 1. The third-order valence-electron chi connectivity index (χ3n) is 4.16. The molecule has 1 aliphatic rings. The van der Waals surface area contributed by atoms with Crippen LogP contribution in [-0.4, -0.2) is 44.5 Å². The fraction of sp³-hybridized carbons (Fsp3) is 0.588. The molecule has 0 heterocycles. The molecule has 148 valence electrons. The van der Waals surface area contributed by atoms with E-state index >= 15 is 0 Å². The highest BCUT2D eigenvalue weighted by Crippen LogP contribution is 2.44. The lowest BCUT2D eigenvalue weighted by molar-refractivity contribution is -0.0504. The molecule has 6 nitrogen and oxygen atoms in total. The van der Waals surface area contributed by atoms with Gasteiger partial charge in [-0.15, -0.1) is 24.0 Å². The average Bonchev–Trinajstić information content (AvgIpc) is 3.38. The van der Waals surface area contributed by atoms with Crippen molar-refractivity contribution in [2.24, 2.45) is 10.4 Å². The standard InChI is InChI=1S/C17H25F2N3O3.HI/c1-3-20-16(22-10-17(11-23)6-7-17)21-9-12-8-13(24-2)4-5-14(12)25-15(18)19;/h4-5,8,15,23H,3,6-7,9-11H2,1-2H3,(H2,20,21,22);1H. The highest BCUT2D eigenvalue weighted by Gasteiger charge is 2.41. The van der Waals surface area contributed by atoms with Crippen molar-refractivity contribution >= 4 is 29.9 Å². The van der Waals surface area contributed by atoms with E-state index in [9.17, 15) is 13.9 Å². The van der Waals surface area contributed by atoms with Crippen LogP contribution in [0.1, 0.15) is 25.3 Å². The van der Waals surface area contributed by atoms with Gasteiger partial charge >= 0.3 is 6.61 Å². The smallest absolute Gasteiger partial charge is 0.387 e. The van der Waals surface area contributed by atoms with E-state index in [2.05, 4.69) is 20.4 Å². The molecule has 0 amide bonds. The molecule has 0 aromatic heterocycles. The first kappa shape index (κ1) is 22.7. The molecule has 0 radical (unpaired) electrons. The maximum atomic E-state index is 12.6. The van der Waals surface area contributed by atoms with Gasteiger partial charge in [0.15, 0.2) is 5.96 Å². The number of aliphatic hydroxyl groups excluding tert-OH is 1. The van der Waals surface area contributed by atoms with Gasteiger partial charge in [-0.05, 0) is 38.0 Å². The monoisotopic (exact) mass is 485 g/mol. The lowest BCUT2D eigenvalue weighted by Crippen LogP contribution is -2.41. The molecule has 1 fully saturated rings. The second-order valence-electron chi connectivity index (χ2n) is 6.06. The number of methoxy groups -OCH3 is 1. The van der Waals surface area contributed by atoms with Gasteiger partial charge in [0, 0.05) is 24.1 Å². The number of hydrogen-bond acceptors (Lipinski definition) is 4. The summed E-state index contributed by atoms with van der Waals surface area (Å²) in [5.74, 6) is 1.18. The van der Waals surface area contributed by atoms with Crippen LogP contribution in [0.25, 0.3) is 0 Å². The minimum atomic E-state index is -2.90. The predicted molar refractivity (Wildman–Crippen MR) is 107 cm³/mol. The summed E-state index contributed by atoms with van der Waals surface area (Å²) in [4.78, 5) is 4.42. The van der Waals surface area contributed by atoms with E-state index in [-0.39, 0.29) is 48.3 Å². The molecule has 0 bridgehead atoms. The highest BCUT2D eigenvalue weighted by atomic mass is 127. The molecule has 1 aromatic carbocycles. The summed E-state index contributed by atoms with van der Waals surface area (Å²) in [6.07, 6.45) is 1.97. The zero-order valence-electron chi connectivity index (χ0n) is 14.9. The Morgan fingerprint density at radius 1 is 1.35 bits per heavy atom. The summed E-state index contributed by atoms with van der Waals surface area (Å²) in [6, 6.07) is 4.63. The largest absolute Gasteiger partial charge is 0.497 e. The lowest BCUT2D eigenvalue weighted by Gasteiger charge is -2.17. The Morgan fingerprint density at radius 3 is 2.62 bits per heavy atom. The summed E-state index contributed by atoms with van der Waals surface area (Å²) in [5.41, 5.74) is 0.441. The maximum Gasteiger partial charge on any atom is 0.387 e. The molecule has 1 aliphatic carbocycles. The van der Waals surface area contributed by atoms with Crippen LogP contribution >= 0.6 is 24.0 Å². The second kappa shape index (κ2) is 10.7. The van der Waals surface area contributed by atoms with Gasteiger partial charge in [0.25, 0.3) is 0 Å². The Balaban J connectivity index is 0.00000338. The van der Waals surface area contributed by atoms with E-state index in [4.69, 9.17) is 4.74 Å². The Morgan fingerprint density at radius 2 is 2.08 bits per heavy atom. The van der Waals surface area contributed by atoms with E-state index in [0.717, 1.165) is 12.8 Å². The van der Waals surface area contributed by atoms with E-state index in [1.54, 1.807) is 12.1 Å². The third kappa shape index (κ3) is 6.75. The van der Waals surface area contributed by atoms with E-state index in [1.165, 1.54) is 13.2 Å². The molecule has 26 heavy (non-hydrogen) atoms. The van der Waals surface area contributed by atoms with E-state index in [0.29, 0.717) is 30.4 Å². The van der Waals surface area contributed by atoms with Crippen LogP contribution < -0.4 is 20.1 Å². The molecular formula is C17H26F2IN3O3. The molecule has 1 saturated carbocycles. The number of alkyl halides is 2. The van der Waals surface area contributed by atoms with Gasteiger partial charge in [-0.2, -0.15) is 8.78 Å². The van der Waals surface area contributed by atoms with Gasteiger partial charge in [0.1, 0.15) is 11.5 Å². The van der Waals surface area contributed by atoms with Crippen LogP contribution in [0.4, 0.5) is 8.78 Å². The molecule has 0 aliphatic heterocycles. The molecule has 3 N–H and O–H groups in total. The Kier molecular flexibility index (Phi) is 9.34. The SMILES string of the molecule is CCNC(=NCc1cc(OC)ccc1OC(F)F)NCC1(CO)CC1.I. The molecule has 1 aromatic rings. The number of aliphatic hydroxyl groups is 1. The molecule has 0 spiro atoms. The Labute approximate surface area is 169 Å². The van der Waals surface area contributed by atoms with Crippen molar-refractivity contribution in [2.45, 2.75) is 32.9 Å². The summed E-state index contributed by atoms with van der Waals surface area (Å²) in [6.45, 7) is 0.612. The first-order chi connectivity index (χ1) is 12.0. The molecule has 0 saturated heterocycles. The number of nitrogens with one attached hydrogen (secondary N) is 2. The second-order valence-corrected chi connectivity index (χ2v) is 6.06. The van der Waals surface area contributed by atoms with E-state index < -0.39 is 6.61 Å². The predicted octanol–water partition coefficient (Wildman–Crippen LogP) is 2.74. The summed E-state index contributed by atoms with van der Waals surface area (Å²) >= 11 is 0. The first-order valence-corrected chi connectivity index (χ1v) is 8.26. The van der Waals surface area contributed by atoms with Crippen LogP contribution in [0.15, 0.2) is 23.2 Å². The molecule has 2 rings (SSSR count). The fourth-order valence-electron chi connectivity index (χ4n) is 2.36. The van der Waals surface area contributed by atoms with Gasteiger partial charge in [-0.1, -0.05) is 0 Å². The topological polar surface area (TPSA) is 75.1 Å². The van der Waals surface area contributed by atoms with Crippen molar-refractivity contribution in [3.63, 3.8) is 0 Å². The summed E-state index contributed by atoms with van der Waals surface area (Å²) in [5, 5.41) is 15.7. The minimum Gasteiger partial charge on any atom is -0.497 e. The van der Waals surface area contributed by atoms with Gasteiger partial charge in [-0.3, -0.25) is 0 Å². The van der Waals surface area contributed by atoms with Gasteiger partial charge in [0.2, 0.25) is 0 Å². The quantitative estimate of drug-likeness (QED) is 0.285. The van der Waals surface area contributed by atoms with Gasteiger partial charge in [-0.25, -0.2) is 4.99 Å². The van der Waals surface area contributed by atoms with Crippen LogP contribution in [0.3, 0.4) is 0 Å². The maximum absolute atomic E-state index is 12.6. The molecular weight excluding hydrogens is 459 g/mol. The van der Waals surface area contributed by atoms with Crippen LogP contribution in [0.2, 0.25) is 0 Å². The average molecular weight is 485 g/mol. The number of benzene rings is 1. The molecule has 0 atom stereocenters. The number of rotatable bonds is 9. The van der Waals surface area contributed by atoms with Gasteiger partial charge < -0.3 is 25.2 Å². The van der Waals surface area contributed by atoms with Crippen molar-refractivity contribution in [3.8, 4) is 11.5 Å². The first-order valence-electron chi connectivity index (χ1n) is 8.26. The lowest BCUT2D eigenvalue weighted by atomic mass is 10.1. The van der Waals surface area contributed by atoms with Crippen molar-refractivity contribution in [3.05, 3.63) is 23.8 Å². The highest BCUT2D eigenvalue weighted by molar-refractivity contribution is 14.0. The van der Waals surface area contributed by atoms with E-state index in [1.807, 2.05) is 6.92 Å². The Hall–Kier alpha value is -1.36. The van der Waals surface area contributed by atoms with Crippen LogP contribution in [0, 0.1) is 5.41 Å². The van der Waals surface area contributed by atoms with Crippen LogP contribution in [-0.2, 0) is 6.54 Å². The number of halogens is 3. The summed E-state index contributed by atoms with van der Waals surface area (Å²) in [7, 11) is 1.51. The third-order valence-corrected chi connectivity index (χ3v) is 4.16. The molecule has 0 unspecified atom stereocenters. The molecule has 9 heteroatoms. The van der Waals surface area contributed by atoms with Crippen molar-refractivity contribution in [2.75, 3.05) is 26.8 Å². The van der Waals surface area contributed by atoms with Crippen molar-refractivity contribution in [1.29, 1.82) is 0 Å². The Bertz CT molecular complexity index is 599. The van der Waals surface area contributed by atoms with Crippen molar-refractivity contribution in [1.82, 2.24) is 10.6 Å². The number of nitrogens with zero attached hydrogens (tertiary/aromatic N) is 1. The normalized spacial score (nSPS) is 15.2. The van der Waals surface area contributed by atoms with Crippen molar-refractivity contribution < 1.29 is 23.4 Å². The minimum absolute atomic E-state index is 0. The zero-order valence-corrected chi connectivity index (χ0v) is 17.3. The number of guanidine groups is 1. The summed E-state index contributed by atoms with van der Waals surface area (Å²) < 4.78 is 34.8.